The van der Waals surface area contributed by atoms with Gasteiger partial charge in [0.25, 0.3) is 5.91 Å². The van der Waals surface area contributed by atoms with E-state index in [4.69, 9.17) is 9.26 Å². The van der Waals surface area contributed by atoms with Gasteiger partial charge in [-0.05, 0) is 30.5 Å². The largest absolute Gasteiger partial charge is 0.380 e. The van der Waals surface area contributed by atoms with Crippen molar-refractivity contribution < 1.29 is 14.1 Å². The smallest absolute Gasteiger partial charge is 0.277 e. The Morgan fingerprint density at radius 2 is 2.20 bits per heavy atom. The van der Waals surface area contributed by atoms with Crippen molar-refractivity contribution in [1.82, 2.24) is 10.1 Å². The molecule has 1 amide bonds. The summed E-state index contributed by atoms with van der Waals surface area (Å²) in [6.45, 7) is 0.342. The number of nitrogens with zero attached hydrogens (tertiary/aromatic N) is 1. The number of benzene rings is 1. The molecule has 2 aromatic heterocycles. The van der Waals surface area contributed by atoms with Crippen molar-refractivity contribution in [2.75, 3.05) is 12.4 Å². The van der Waals surface area contributed by atoms with E-state index in [9.17, 15) is 9.59 Å². The number of carbonyl (C=O) groups is 1. The summed E-state index contributed by atoms with van der Waals surface area (Å²) < 4.78 is 10.3. The zero-order valence-corrected chi connectivity index (χ0v) is 13.7. The van der Waals surface area contributed by atoms with E-state index in [1.807, 2.05) is 6.07 Å². The molecule has 2 heterocycles. The SMILES string of the molecule is COCc1cc(=O)[nH]c2cc(NC(=O)c3cc(C4CC4)on3)ccc12. The van der Waals surface area contributed by atoms with Crippen LogP contribution in [0.1, 0.15) is 40.6 Å². The van der Waals surface area contributed by atoms with Gasteiger partial charge >= 0.3 is 0 Å². The van der Waals surface area contributed by atoms with Gasteiger partial charge < -0.3 is 19.6 Å². The molecule has 0 saturated heterocycles. The maximum atomic E-state index is 12.3. The van der Waals surface area contributed by atoms with Gasteiger partial charge in [0.1, 0.15) is 5.76 Å². The van der Waals surface area contributed by atoms with Crippen LogP contribution in [0.25, 0.3) is 10.9 Å². The van der Waals surface area contributed by atoms with Crippen LogP contribution in [0.2, 0.25) is 0 Å². The molecular weight excluding hydrogens is 322 g/mol. The van der Waals surface area contributed by atoms with Crippen LogP contribution in [-0.2, 0) is 11.3 Å². The molecule has 0 bridgehead atoms. The molecule has 0 atom stereocenters. The molecule has 1 aliphatic rings. The van der Waals surface area contributed by atoms with Crippen molar-refractivity contribution in [3.05, 3.63) is 57.7 Å². The Balaban J connectivity index is 1.60. The minimum absolute atomic E-state index is 0.214. The zero-order valence-electron chi connectivity index (χ0n) is 13.7. The van der Waals surface area contributed by atoms with E-state index < -0.39 is 0 Å². The first-order valence-corrected chi connectivity index (χ1v) is 8.07. The number of amides is 1. The molecule has 7 nitrogen and oxygen atoms in total. The van der Waals surface area contributed by atoms with E-state index in [0.717, 1.165) is 29.6 Å². The first-order valence-electron chi connectivity index (χ1n) is 8.07. The molecule has 1 aliphatic carbocycles. The van der Waals surface area contributed by atoms with Crippen molar-refractivity contribution in [3.63, 3.8) is 0 Å². The summed E-state index contributed by atoms with van der Waals surface area (Å²) >= 11 is 0. The van der Waals surface area contributed by atoms with Crippen molar-refractivity contribution in [2.24, 2.45) is 0 Å². The first-order chi connectivity index (χ1) is 12.1. The Morgan fingerprint density at radius 3 is 2.96 bits per heavy atom. The third-order valence-electron chi connectivity index (χ3n) is 4.23. The molecule has 128 valence electrons. The van der Waals surface area contributed by atoms with Crippen LogP contribution < -0.4 is 10.9 Å². The number of nitrogens with one attached hydrogen (secondary N) is 2. The second-order valence-electron chi connectivity index (χ2n) is 6.20. The standard InChI is InChI=1S/C18H17N3O4/c1-24-9-11-6-17(22)20-14-7-12(4-5-13(11)14)19-18(23)15-8-16(25-21-15)10-2-3-10/h4-8,10H,2-3,9H2,1H3,(H,19,23)(H,20,22). The lowest BCUT2D eigenvalue weighted by atomic mass is 10.1. The van der Waals surface area contributed by atoms with Gasteiger partial charge in [0.05, 0.1) is 12.1 Å². The summed E-state index contributed by atoms with van der Waals surface area (Å²) in [6, 6.07) is 8.54. The lowest BCUT2D eigenvalue weighted by molar-refractivity contribution is 0.101. The normalized spacial score (nSPS) is 14.0. The van der Waals surface area contributed by atoms with Crippen molar-refractivity contribution in [3.8, 4) is 0 Å². The molecule has 0 radical (unpaired) electrons. The van der Waals surface area contributed by atoms with Crippen molar-refractivity contribution >= 4 is 22.5 Å². The van der Waals surface area contributed by atoms with Gasteiger partial charge in [0.15, 0.2) is 5.69 Å². The number of anilines is 1. The van der Waals surface area contributed by atoms with E-state index >= 15 is 0 Å². The van der Waals surface area contributed by atoms with Gasteiger partial charge in [-0.25, -0.2) is 0 Å². The fourth-order valence-electron chi connectivity index (χ4n) is 2.84. The Morgan fingerprint density at radius 1 is 1.36 bits per heavy atom. The summed E-state index contributed by atoms with van der Waals surface area (Å²) in [7, 11) is 1.58. The number of fused-ring (bicyclic) bond motifs is 1. The maximum Gasteiger partial charge on any atom is 0.277 e. The van der Waals surface area contributed by atoms with Gasteiger partial charge in [-0.2, -0.15) is 0 Å². The molecule has 0 spiro atoms. The zero-order chi connectivity index (χ0) is 17.4. The highest BCUT2D eigenvalue weighted by atomic mass is 16.5. The average Bonchev–Trinajstić information content (AvgIpc) is 3.31. The number of H-pyrrole nitrogens is 1. The second-order valence-corrected chi connectivity index (χ2v) is 6.20. The van der Waals surface area contributed by atoms with Crippen LogP contribution in [0.15, 0.2) is 39.6 Å². The highest BCUT2D eigenvalue weighted by Gasteiger charge is 2.28. The molecule has 4 rings (SSSR count). The molecule has 0 aliphatic heterocycles. The third kappa shape index (κ3) is 3.18. The van der Waals surface area contributed by atoms with E-state index in [1.165, 1.54) is 6.07 Å². The van der Waals surface area contributed by atoms with Gasteiger partial charge in [-0.15, -0.1) is 0 Å². The minimum Gasteiger partial charge on any atom is -0.380 e. The van der Waals surface area contributed by atoms with Crippen molar-refractivity contribution in [2.45, 2.75) is 25.4 Å². The van der Waals surface area contributed by atoms with E-state index in [-0.39, 0.29) is 17.2 Å². The summed E-state index contributed by atoms with van der Waals surface area (Å²) in [5, 5.41) is 7.48. The van der Waals surface area contributed by atoms with Crippen molar-refractivity contribution in [1.29, 1.82) is 0 Å². The summed E-state index contributed by atoms with van der Waals surface area (Å²) in [5.74, 6) is 0.821. The van der Waals surface area contributed by atoms with Gasteiger partial charge in [-0.1, -0.05) is 11.2 Å². The number of rotatable bonds is 5. The Hall–Kier alpha value is -2.93. The lowest BCUT2D eigenvalue weighted by Crippen LogP contribution is -2.13. The number of carbonyl (C=O) groups excluding carboxylic acids is 1. The number of methoxy groups -OCH3 is 1. The quantitative estimate of drug-likeness (QED) is 0.745. The number of ether oxygens (including phenoxy) is 1. The average molecular weight is 339 g/mol. The highest BCUT2D eigenvalue weighted by Crippen LogP contribution is 2.40. The second kappa shape index (κ2) is 6.18. The van der Waals surface area contributed by atoms with Crippen LogP contribution in [0.3, 0.4) is 0 Å². The van der Waals surface area contributed by atoms with Gasteiger partial charge in [0.2, 0.25) is 5.56 Å². The molecule has 25 heavy (non-hydrogen) atoms. The molecule has 0 unspecified atom stereocenters. The number of hydrogen-bond donors (Lipinski definition) is 2. The lowest BCUT2D eigenvalue weighted by Gasteiger charge is -2.08. The van der Waals surface area contributed by atoms with Crippen LogP contribution in [-0.4, -0.2) is 23.2 Å². The topological polar surface area (TPSA) is 97.2 Å². The fourth-order valence-corrected chi connectivity index (χ4v) is 2.84. The van der Waals surface area contributed by atoms with Gasteiger partial charge in [-0.3, -0.25) is 9.59 Å². The molecule has 7 heteroatoms. The molecule has 2 N–H and O–H groups in total. The number of pyridine rings is 1. The van der Waals surface area contributed by atoms with Crippen LogP contribution >= 0.6 is 0 Å². The van der Waals surface area contributed by atoms with Gasteiger partial charge in [0, 0.05) is 36.2 Å². The third-order valence-corrected chi connectivity index (χ3v) is 4.23. The Kier molecular flexibility index (Phi) is 3.85. The maximum absolute atomic E-state index is 12.3. The van der Waals surface area contributed by atoms with Crippen LogP contribution in [0, 0.1) is 0 Å². The molecule has 3 aromatic rings. The molecule has 1 aromatic carbocycles. The predicted molar refractivity (Wildman–Crippen MR) is 91.7 cm³/mol. The van der Waals surface area contributed by atoms with E-state index in [2.05, 4.69) is 15.5 Å². The van der Waals surface area contributed by atoms with E-state index in [1.54, 1.807) is 25.3 Å². The molecule has 1 fully saturated rings. The number of hydrogen-bond acceptors (Lipinski definition) is 5. The Labute approximate surface area is 143 Å². The Bertz CT molecular complexity index is 1000. The highest BCUT2D eigenvalue weighted by molar-refractivity contribution is 6.03. The summed E-state index contributed by atoms with van der Waals surface area (Å²) in [4.78, 5) is 26.9. The molecular formula is C18H17N3O4. The summed E-state index contributed by atoms with van der Waals surface area (Å²) in [6.07, 6.45) is 2.16. The number of aromatic amines is 1. The predicted octanol–water partition coefficient (Wildman–Crippen LogP) is 2.79. The van der Waals surface area contributed by atoms with E-state index in [0.29, 0.717) is 23.7 Å². The minimum atomic E-state index is -0.342. The first kappa shape index (κ1) is 15.6. The summed E-state index contributed by atoms with van der Waals surface area (Å²) in [5.41, 5.74) is 2.04. The fraction of sp³-hybridized carbons (Fsp3) is 0.278. The van der Waals surface area contributed by atoms with Crippen LogP contribution in [0.4, 0.5) is 5.69 Å². The monoisotopic (exact) mass is 339 g/mol. The molecule has 1 saturated carbocycles. The number of aromatic nitrogens is 2. The van der Waals surface area contributed by atoms with Crippen LogP contribution in [0.5, 0.6) is 0 Å².